The van der Waals surface area contributed by atoms with Crippen molar-refractivity contribution in [1.29, 1.82) is 0 Å². The third kappa shape index (κ3) is 4.31. The van der Waals surface area contributed by atoms with Crippen LogP contribution in [0, 0.1) is 0 Å². The molecule has 0 aromatic carbocycles. The molecule has 0 saturated carbocycles. The highest BCUT2D eigenvalue weighted by molar-refractivity contribution is 6.18. The van der Waals surface area contributed by atoms with Crippen LogP contribution in [-0.2, 0) is 9.59 Å². The maximum absolute atomic E-state index is 11.7. The second kappa shape index (κ2) is 5.04. The summed E-state index contributed by atoms with van der Waals surface area (Å²) < 4.78 is 35.0. The molecule has 1 unspecified atom stereocenters. The largest absolute Gasteiger partial charge is 0.480 e. The minimum atomic E-state index is -5.08. The Hall–Kier alpha value is -0.980. The smallest absolute Gasteiger partial charge is 0.471 e. The Bertz CT molecular complexity index is 231. The van der Waals surface area contributed by atoms with E-state index in [-0.39, 0.29) is 12.3 Å². The molecule has 8 heteroatoms. The number of aliphatic carboxylic acids is 1. The molecule has 0 aromatic heterocycles. The van der Waals surface area contributed by atoms with E-state index in [1.165, 1.54) is 5.32 Å². The summed E-state index contributed by atoms with van der Waals surface area (Å²) in [6.45, 7) is 0. The second-order valence-corrected chi connectivity index (χ2v) is 2.72. The van der Waals surface area contributed by atoms with E-state index in [1.54, 1.807) is 0 Å². The molecule has 0 aromatic rings. The van der Waals surface area contributed by atoms with Gasteiger partial charge in [-0.15, -0.1) is 11.6 Å². The number of carbonyl (C=O) groups is 2. The van der Waals surface area contributed by atoms with Gasteiger partial charge in [-0.2, -0.15) is 13.2 Å². The predicted molar refractivity (Wildman–Crippen MR) is 41.0 cm³/mol. The van der Waals surface area contributed by atoms with Crippen LogP contribution >= 0.6 is 11.6 Å². The fourth-order valence-corrected chi connectivity index (χ4v) is 0.825. The molecular weight excluding hydrogens is 227 g/mol. The minimum Gasteiger partial charge on any atom is -0.480 e. The van der Waals surface area contributed by atoms with Crippen molar-refractivity contribution >= 4 is 23.5 Å². The first-order chi connectivity index (χ1) is 6.29. The van der Waals surface area contributed by atoms with Crippen molar-refractivity contribution in [2.45, 2.75) is 18.6 Å². The third-order valence-electron chi connectivity index (χ3n) is 1.26. The summed E-state index contributed by atoms with van der Waals surface area (Å²) >= 11 is 5.14. The molecule has 0 heterocycles. The number of halogens is 4. The predicted octanol–water partition coefficient (Wildman–Crippen LogP) is 0.747. The van der Waals surface area contributed by atoms with Crippen molar-refractivity contribution in [2.75, 3.05) is 5.88 Å². The first-order valence-electron chi connectivity index (χ1n) is 3.45. The van der Waals surface area contributed by atoms with E-state index < -0.39 is 24.1 Å². The van der Waals surface area contributed by atoms with Crippen LogP contribution in [0.4, 0.5) is 13.2 Å². The standard InChI is InChI=1S/C6H7ClF3NO3/c7-2-1-3(4(12)13)11-5(14)6(8,9)10/h3H,1-2H2,(H,11,14)(H,12,13). The average molecular weight is 234 g/mol. The lowest BCUT2D eigenvalue weighted by Crippen LogP contribution is -2.47. The van der Waals surface area contributed by atoms with Crippen LogP contribution in [0.2, 0.25) is 0 Å². The fourth-order valence-electron chi connectivity index (χ4n) is 0.607. The Labute approximate surface area is 82.0 Å². The van der Waals surface area contributed by atoms with Gasteiger partial charge in [-0.05, 0) is 6.42 Å². The van der Waals surface area contributed by atoms with E-state index in [4.69, 9.17) is 16.7 Å². The molecule has 1 atom stereocenters. The highest BCUT2D eigenvalue weighted by atomic mass is 35.5. The van der Waals surface area contributed by atoms with Crippen LogP contribution in [0.25, 0.3) is 0 Å². The lowest BCUT2D eigenvalue weighted by atomic mass is 10.2. The lowest BCUT2D eigenvalue weighted by Gasteiger charge is -2.14. The van der Waals surface area contributed by atoms with E-state index in [1.807, 2.05) is 0 Å². The number of nitrogens with one attached hydrogen (secondary N) is 1. The molecule has 0 fully saturated rings. The van der Waals surface area contributed by atoms with Crippen LogP contribution in [0.5, 0.6) is 0 Å². The van der Waals surface area contributed by atoms with Gasteiger partial charge in [-0.1, -0.05) is 0 Å². The Morgan fingerprint density at radius 3 is 2.21 bits per heavy atom. The lowest BCUT2D eigenvalue weighted by molar-refractivity contribution is -0.175. The van der Waals surface area contributed by atoms with Gasteiger partial charge in [0.25, 0.3) is 0 Å². The molecule has 0 bridgehead atoms. The first kappa shape index (κ1) is 13.0. The van der Waals surface area contributed by atoms with E-state index in [0.717, 1.165) is 0 Å². The minimum absolute atomic E-state index is 0.158. The van der Waals surface area contributed by atoms with E-state index in [2.05, 4.69) is 0 Å². The van der Waals surface area contributed by atoms with Crippen LogP contribution < -0.4 is 5.32 Å². The maximum atomic E-state index is 11.7. The second-order valence-electron chi connectivity index (χ2n) is 2.34. The van der Waals surface area contributed by atoms with Crippen molar-refractivity contribution in [2.24, 2.45) is 0 Å². The summed E-state index contributed by atoms with van der Waals surface area (Å²) in [6, 6.07) is -1.61. The number of alkyl halides is 4. The molecule has 0 rings (SSSR count). The molecule has 0 aliphatic carbocycles. The third-order valence-corrected chi connectivity index (χ3v) is 1.48. The SMILES string of the molecule is O=C(O)C(CCCl)NC(=O)C(F)(F)F. The average Bonchev–Trinajstić information content (AvgIpc) is 2.01. The molecule has 0 spiro atoms. The van der Waals surface area contributed by atoms with E-state index in [0.29, 0.717) is 0 Å². The zero-order valence-corrected chi connectivity index (χ0v) is 7.52. The number of hydrogen-bond acceptors (Lipinski definition) is 2. The molecule has 0 aliphatic rings. The van der Waals surface area contributed by atoms with Gasteiger partial charge in [0.1, 0.15) is 6.04 Å². The molecule has 0 saturated heterocycles. The van der Waals surface area contributed by atoms with Crippen LogP contribution in [0.15, 0.2) is 0 Å². The van der Waals surface area contributed by atoms with Gasteiger partial charge in [0.15, 0.2) is 0 Å². The van der Waals surface area contributed by atoms with E-state index in [9.17, 15) is 22.8 Å². The molecule has 0 aliphatic heterocycles. The van der Waals surface area contributed by atoms with Crippen molar-refractivity contribution in [3.8, 4) is 0 Å². The quantitative estimate of drug-likeness (QED) is 0.704. The summed E-state index contributed by atoms with van der Waals surface area (Å²) in [5, 5.41) is 9.69. The van der Waals surface area contributed by atoms with E-state index >= 15 is 0 Å². The Morgan fingerprint density at radius 1 is 1.43 bits per heavy atom. The van der Waals surface area contributed by atoms with Gasteiger partial charge in [-0.3, -0.25) is 4.79 Å². The topological polar surface area (TPSA) is 66.4 Å². The van der Waals surface area contributed by atoms with Gasteiger partial charge < -0.3 is 10.4 Å². The normalized spacial score (nSPS) is 13.4. The molecule has 0 radical (unpaired) electrons. The van der Waals surface area contributed by atoms with Crippen molar-refractivity contribution in [3.63, 3.8) is 0 Å². The van der Waals surface area contributed by atoms with Crippen molar-refractivity contribution in [3.05, 3.63) is 0 Å². The maximum Gasteiger partial charge on any atom is 0.471 e. The van der Waals surface area contributed by atoms with Crippen LogP contribution in [-0.4, -0.2) is 35.1 Å². The van der Waals surface area contributed by atoms with Crippen LogP contribution in [0.1, 0.15) is 6.42 Å². The highest BCUT2D eigenvalue weighted by Gasteiger charge is 2.40. The highest BCUT2D eigenvalue weighted by Crippen LogP contribution is 2.14. The van der Waals surface area contributed by atoms with Crippen molar-refractivity contribution in [1.82, 2.24) is 5.32 Å². The first-order valence-corrected chi connectivity index (χ1v) is 3.99. The van der Waals surface area contributed by atoms with Gasteiger partial charge >= 0.3 is 18.1 Å². The number of carboxylic acids is 1. The van der Waals surface area contributed by atoms with Gasteiger partial charge in [0.05, 0.1) is 0 Å². The van der Waals surface area contributed by atoms with Gasteiger partial charge in [-0.25, -0.2) is 4.79 Å². The Morgan fingerprint density at radius 2 is 1.93 bits per heavy atom. The summed E-state index contributed by atoms with van der Waals surface area (Å²) in [7, 11) is 0. The number of carboxylic acid groups (broad SMARTS) is 1. The monoisotopic (exact) mass is 233 g/mol. The molecule has 4 nitrogen and oxygen atoms in total. The zero-order valence-electron chi connectivity index (χ0n) is 6.77. The van der Waals surface area contributed by atoms with Gasteiger partial charge in [0, 0.05) is 5.88 Å². The fraction of sp³-hybridized carbons (Fsp3) is 0.667. The zero-order chi connectivity index (χ0) is 11.4. The summed E-state index contributed by atoms with van der Waals surface area (Å²) in [5.74, 6) is -3.99. The number of carbonyl (C=O) groups excluding carboxylic acids is 1. The van der Waals surface area contributed by atoms with Gasteiger partial charge in [0.2, 0.25) is 0 Å². The Kier molecular flexibility index (Phi) is 4.69. The van der Waals surface area contributed by atoms with Crippen LogP contribution in [0.3, 0.4) is 0 Å². The number of amides is 1. The Balaban J connectivity index is 4.31. The molecule has 14 heavy (non-hydrogen) atoms. The molecular formula is C6H7ClF3NO3. The summed E-state index contributed by atoms with van der Waals surface area (Å²) in [6.07, 6.45) is -5.35. The summed E-state index contributed by atoms with van der Waals surface area (Å²) in [4.78, 5) is 20.6. The molecule has 2 N–H and O–H groups in total. The van der Waals surface area contributed by atoms with Crippen molar-refractivity contribution < 1.29 is 27.9 Å². The number of hydrogen-bond donors (Lipinski definition) is 2. The molecule has 1 amide bonds. The number of rotatable bonds is 4. The molecule has 82 valence electrons. The summed E-state index contributed by atoms with van der Waals surface area (Å²) in [5.41, 5.74) is 0.